The molecular formula is C13H19F2NO. The van der Waals surface area contributed by atoms with Crippen LogP contribution in [0.15, 0.2) is 18.2 Å². The Morgan fingerprint density at radius 3 is 2.47 bits per heavy atom. The summed E-state index contributed by atoms with van der Waals surface area (Å²) in [6.07, 6.45) is 0.0395. The van der Waals surface area contributed by atoms with Crippen molar-refractivity contribution in [1.82, 2.24) is 0 Å². The molecule has 1 rings (SSSR count). The molecule has 0 saturated carbocycles. The fourth-order valence-electron chi connectivity index (χ4n) is 1.34. The summed E-state index contributed by atoms with van der Waals surface area (Å²) >= 11 is 0. The predicted molar refractivity (Wildman–Crippen MR) is 63.5 cm³/mol. The van der Waals surface area contributed by atoms with Crippen LogP contribution < -0.4 is 5.73 Å². The molecule has 2 N–H and O–H groups in total. The number of halogens is 2. The van der Waals surface area contributed by atoms with Crippen LogP contribution in [0.5, 0.6) is 0 Å². The van der Waals surface area contributed by atoms with Crippen molar-refractivity contribution in [3.05, 3.63) is 35.4 Å². The molecule has 0 aliphatic rings. The summed E-state index contributed by atoms with van der Waals surface area (Å²) in [5, 5.41) is 0. The summed E-state index contributed by atoms with van der Waals surface area (Å²) in [4.78, 5) is 0. The minimum atomic E-state index is -0.646. The van der Waals surface area contributed by atoms with E-state index in [1.54, 1.807) is 0 Å². The molecule has 1 aromatic carbocycles. The van der Waals surface area contributed by atoms with E-state index in [1.165, 1.54) is 0 Å². The lowest BCUT2D eigenvalue weighted by molar-refractivity contribution is 0.0267. The van der Waals surface area contributed by atoms with Crippen LogP contribution in [-0.2, 0) is 4.74 Å². The van der Waals surface area contributed by atoms with Crippen molar-refractivity contribution < 1.29 is 13.5 Å². The number of benzene rings is 1. The second-order valence-corrected chi connectivity index (χ2v) is 4.55. The second kappa shape index (κ2) is 6.07. The normalized spacial score (nSPS) is 15.0. The first-order chi connectivity index (χ1) is 7.91. The third kappa shape index (κ3) is 4.06. The molecular weight excluding hydrogens is 224 g/mol. The number of rotatable bonds is 5. The fraction of sp³-hybridized carbons (Fsp3) is 0.538. The highest BCUT2D eigenvalue weighted by Crippen LogP contribution is 2.18. The molecule has 0 saturated heterocycles. The third-order valence-corrected chi connectivity index (χ3v) is 2.84. The average molecular weight is 243 g/mol. The summed E-state index contributed by atoms with van der Waals surface area (Å²) in [6.45, 7) is 6.16. The second-order valence-electron chi connectivity index (χ2n) is 4.55. The first-order valence-corrected chi connectivity index (χ1v) is 5.74. The van der Waals surface area contributed by atoms with Gasteiger partial charge in [0.1, 0.15) is 11.6 Å². The summed E-state index contributed by atoms with van der Waals surface area (Å²) in [5.41, 5.74) is 5.94. The maximum atomic E-state index is 13.4. The Bertz CT molecular complexity index is 368. The highest BCUT2D eigenvalue weighted by atomic mass is 19.1. The molecule has 0 fully saturated rings. The van der Waals surface area contributed by atoms with E-state index in [2.05, 4.69) is 0 Å². The smallest absolute Gasteiger partial charge is 0.128 e. The fourth-order valence-corrected chi connectivity index (χ4v) is 1.34. The van der Waals surface area contributed by atoms with E-state index in [0.29, 0.717) is 5.92 Å². The largest absolute Gasteiger partial charge is 0.376 e. The van der Waals surface area contributed by atoms with Crippen molar-refractivity contribution in [2.75, 3.05) is 6.61 Å². The Morgan fingerprint density at radius 2 is 1.88 bits per heavy atom. The van der Waals surface area contributed by atoms with Gasteiger partial charge in [-0.05, 0) is 31.0 Å². The maximum absolute atomic E-state index is 13.4. The molecule has 4 heteroatoms. The van der Waals surface area contributed by atoms with Gasteiger partial charge in [0.2, 0.25) is 0 Å². The van der Waals surface area contributed by atoms with Gasteiger partial charge in [0.15, 0.2) is 0 Å². The van der Waals surface area contributed by atoms with E-state index >= 15 is 0 Å². The lowest BCUT2D eigenvalue weighted by Gasteiger charge is -2.20. The molecule has 2 unspecified atom stereocenters. The monoisotopic (exact) mass is 243 g/mol. The number of hydrogen-bond donors (Lipinski definition) is 1. The van der Waals surface area contributed by atoms with E-state index in [4.69, 9.17) is 10.5 Å². The van der Waals surface area contributed by atoms with Crippen molar-refractivity contribution in [3.63, 3.8) is 0 Å². The molecule has 2 nitrogen and oxygen atoms in total. The highest BCUT2D eigenvalue weighted by Gasteiger charge is 2.15. The van der Waals surface area contributed by atoms with Gasteiger partial charge in [-0.2, -0.15) is 0 Å². The molecule has 2 atom stereocenters. The first kappa shape index (κ1) is 14.1. The molecule has 96 valence electrons. The van der Waals surface area contributed by atoms with Crippen molar-refractivity contribution in [2.45, 2.75) is 32.9 Å². The zero-order valence-electron chi connectivity index (χ0n) is 10.4. The van der Waals surface area contributed by atoms with Gasteiger partial charge in [-0.25, -0.2) is 8.78 Å². The molecule has 0 aromatic heterocycles. The van der Waals surface area contributed by atoms with E-state index in [1.807, 2.05) is 20.8 Å². The van der Waals surface area contributed by atoms with Crippen LogP contribution in [0.4, 0.5) is 8.78 Å². The number of nitrogens with two attached hydrogens (primary N) is 1. The summed E-state index contributed by atoms with van der Waals surface area (Å²) in [5.74, 6) is -0.631. The Balaban J connectivity index is 2.63. The molecule has 1 aromatic rings. The average Bonchev–Trinajstić information content (AvgIpc) is 2.28. The van der Waals surface area contributed by atoms with E-state index in [9.17, 15) is 8.78 Å². The van der Waals surface area contributed by atoms with Crippen molar-refractivity contribution >= 4 is 0 Å². The van der Waals surface area contributed by atoms with Crippen LogP contribution in [-0.4, -0.2) is 12.7 Å². The van der Waals surface area contributed by atoms with Crippen molar-refractivity contribution in [3.8, 4) is 0 Å². The summed E-state index contributed by atoms with van der Waals surface area (Å²) in [6, 6.07) is 2.62. The number of hydrogen-bond acceptors (Lipinski definition) is 2. The van der Waals surface area contributed by atoms with E-state index in [-0.39, 0.29) is 18.3 Å². The Morgan fingerprint density at radius 1 is 1.24 bits per heavy atom. The van der Waals surface area contributed by atoms with Crippen LogP contribution in [0.1, 0.15) is 32.4 Å². The van der Waals surface area contributed by atoms with Gasteiger partial charge in [0.05, 0.1) is 18.8 Å². The van der Waals surface area contributed by atoms with E-state index < -0.39 is 17.7 Å². The predicted octanol–water partition coefficient (Wildman–Crippen LogP) is 3.03. The van der Waals surface area contributed by atoms with Crippen molar-refractivity contribution in [2.24, 2.45) is 11.7 Å². The molecule has 0 amide bonds. The summed E-state index contributed by atoms with van der Waals surface area (Å²) < 4.78 is 31.9. The van der Waals surface area contributed by atoms with Crippen LogP contribution in [0, 0.1) is 17.6 Å². The standard InChI is InChI=1S/C13H19F2NO/c1-8(2)9(3)17-7-13(16)11-6-10(14)4-5-12(11)15/h4-6,8-9,13H,7,16H2,1-3H3. The topological polar surface area (TPSA) is 35.2 Å². The van der Waals surface area contributed by atoms with Gasteiger partial charge in [0.25, 0.3) is 0 Å². The molecule has 0 aliphatic carbocycles. The van der Waals surface area contributed by atoms with Crippen LogP contribution in [0.25, 0.3) is 0 Å². The Hall–Kier alpha value is -1.00. The lowest BCUT2D eigenvalue weighted by Crippen LogP contribution is -2.24. The quantitative estimate of drug-likeness (QED) is 0.862. The van der Waals surface area contributed by atoms with Gasteiger partial charge in [-0.1, -0.05) is 13.8 Å². The minimum Gasteiger partial charge on any atom is -0.376 e. The zero-order chi connectivity index (χ0) is 13.0. The number of ether oxygens (including phenoxy) is 1. The maximum Gasteiger partial charge on any atom is 0.128 e. The van der Waals surface area contributed by atoms with Gasteiger partial charge in [-0.15, -0.1) is 0 Å². The van der Waals surface area contributed by atoms with Crippen LogP contribution >= 0.6 is 0 Å². The molecule has 0 heterocycles. The van der Waals surface area contributed by atoms with Gasteiger partial charge >= 0.3 is 0 Å². The Labute approximate surface area is 101 Å². The summed E-state index contributed by atoms with van der Waals surface area (Å²) in [7, 11) is 0. The van der Waals surface area contributed by atoms with Gasteiger partial charge < -0.3 is 10.5 Å². The van der Waals surface area contributed by atoms with Crippen LogP contribution in [0.3, 0.4) is 0 Å². The van der Waals surface area contributed by atoms with E-state index in [0.717, 1.165) is 18.2 Å². The first-order valence-electron chi connectivity index (χ1n) is 5.74. The van der Waals surface area contributed by atoms with Gasteiger partial charge in [-0.3, -0.25) is 0 Å². The van der Waals surface area contributed by atoms with Crippen molar-refractivity contribution in [1.29, 1.82) is 0 Å². The van der Waals surface area contributed by atoms with Crippen LogP contribution in [0.2, 0.25) is 0 Å². The Kier molecular flexibility index (Phi) is 5.02. The molecule has 0 aliphatic heterocycles. The molecule has 0 spiro atoms. The lowest BCUT2D eigenvalue weighted by atomic mass is 10.1. The van der Waals surface area contributed by atoms with Gasteiger partial charge in [0, 0.05) is 5.56 Å². The highest BCUT2D eigenvalue weighted by molar-refractivity contribution is 5.22. The zero-order valence-corrected chi connectivity index (χ0v) is 10.4. The third-order valence-electron chi connectivity index (χ3n) is 2.84. The SMILES string of the molecule is CC(C)C(C)OCC(N)c1cc(F)ccc1F. The minimum absolute atomic E-state index is 0.0395. The molecule has 0 bridgehead atoms. The molecule has 17 heavy (non-hydrogen) atoms. The molecule has 0 radical (unpaired) electrons.